The van der Waals surface area contributed by atoms with Gasteiger partial charge in [-0.1, -0.05) is 6.07 Å². The normalized spacial score (nSPS) is 10.3. The molecule has 1 aromatic carbocycles. The monoisotopic (exact) mass is 310 g/mol. The number of halogens is 1. The Hall–Kier alpha value is -3.02. The quantitative estimate of drug-likeness (QED) is 0.778. The summed E-state index contributed by atoms with van der Waals surface area (Å²) in [6, 6.07) is 11.4. The number of nitrogens with one attached hydrogen (secondary N) is 1. The summed E-state index contributed by atoms with van der Waals surface area (Å²) < 4.78 is 18.4. The second-order valence-electron chi connectivity index (χ2n) is 4.96. The predicted octanol–water partition coefficient (Wildman–Crippen LogP) is 3.72. The highest BCUT2D eigenvalue weighted by atomic mass is 19.1. The van der Waals surface area contributed by atoms with Crippen LogP contribution in [0.5, 0.6) is 11.6 Å². The van der Waals surface area contributed by atoms with Crippen molar-refractivity contribution in [3.8, 4) is 11.6 Å². The topological polar surface area (TPSA) is 59.9 Å². The Morgan fingerprint density at radius 1 is 1.04 bits per heavy atom. The van der Waals surface area contributed by atoms with Crippen LogP contribution in [0.3, 0.4) is 0 Å². The first-order valence-electron chi connectivity index (χ1n) is 7.10. The van der Waals surface area contributed by atoms with Gasteiger partial charge in [-0.15, -0.1) is 0 Å². The summed E-state index contributed by atoms with van der Waals surface area (Å²) in [4.78, 5) is 12.4. The van der Waals surface area contributed by atoms with Gasteiger partial charge in [-0.05, 0) is 36.8 Å². The van der Waals surface area contributed by atoms with Gasteiger partial charge in [0, 0.05) is 30.6 Å². The van der Waals surface area contributed by atoms with Crippen LogP contribution in [0.2, 0.25) is 0 Å². The van der Waals surface area contributed by atoms with E-state index >= 15 is 0 Å². The predicted molar refractivity (Wildman–Crippen MR) is 84.8 cm³/mol. The molecule has 0 spiro atoms. The minimum atomic E-state index is -0.299. The maximum absolute atomic E-state index is 12.8. The van der Waals surface area contributed by atoms with Gasteiger partial charge in [0.1, 0.15) is 23.7 Å². The van der Waals surface area contributed by atoms with Crippen LogP contribution in [0.1, 0.15) is 11.3 Å². The summed E-state index contributed by atoms with van der Waals surface area (Å²) >= 11 is 0. The maximum atomic E-state index is 12.8. The van der Waals surface area contributed by atoms with Gasteiger partial charge in [0.2, 0.25) is 5.88 Å². The molecule has 2 heterocycles. The fourth-order valence-electron chi connectivity index (χ4n) is 1.94. The fourth-order valence-corrected chi connectivity index (χ4v) is 1.94. The molecule has 116 valence electrons. The summed E-state index contributed by atoms with van der Waals surface area (Å²) in [5.41, 5.74) is 1.90. The number of anilines is 1. The lowest BCUT2D eigenvalue weighted by Gasteiger charge is -2.07. The largest absolute Gasteiger partial charge is 0.439 e. The smallest absolute Gasteiger partial charge is 0.219 e. The number of rotatable bonds is 5. The molecule has 1 N–H and O–H groups in total. The Morgan fingerprint density at radius 3 is 2.57 bits per heavy atom. The van der Waals surface area contributed by atoms with Crippen molar-refractivity contribution in [2.75, 3.05) is 5.32 Å². The number of nitrogens with zero attached hydrogens (tertiary/aromatic N) is 3. The summed E-state index contributed by atoms with van der Waals surface area (Å²) in [5.74, 6) is 1.47. The van der Waals surface area contributed by atoms with Crippen molar-refractivity contribution in [1.29, 1.82) is 0 Å². The van der Waals surface area contributed by atoms with Crippen molar-refractivity contribution in [3.05, 3.63) is 72.1 Å². The van der Waals surface area contributed by atoms with E-state index in [4.69, 9.17) is 4.74 Å². The fraction of sp³-hybridized carbons (Fsp3) is 0.118. The summed E-state index contributed by atoms with van der Waals surface area (Å²) in [6.07, 6.45) is 3.25. The zero-order valence-electron chi connectivity index (χ0n) is 12.5. The van der Waals surface area contributed by atoms with E-state index in [1.54, 1.807) is 24.4 Å². The van der Waals surface area contributed by atoms with Crippen LogP contribution in [0.25, 0.3) is 0 Å². The number of ether oxygens (including phenoxy) is 1. The van der Waals surface area contributed by atoms with Crippen molar-refractivity contribution >= 4 is 5.82 Å². The van der Waals surface area contributed by atoms with Crippen LogP contribution in [-0.2, 0) is 6.54 Å². The molecule has 0 saturated carbocycles. The molecule has 0 bridgehead atoms. The van der Waals surface area contributed by atoms with E-state index < -0.39 is 0 Å². The molecule has 0 unspecified atom stereocenters. The Bertz CT molecular complexity index is 775. The molecule has 5 nitrogen and oxygen atoms in total. The Labute approximate surface area is 133 Å². The number of aromatic nitrogens is 3. The van der Waals surface area contributed by atoms with Crippen LogP contribution in [0, 0.1) is 12.7 Å². The van der Waals surface area contributed by atoms with Gasteiger partial charge < -0.3 is 10.1 Å². The Kier molecular flexibility index (Phi) is 4.42. The number of pyridine rings is 1. The molecule has 3 rings (SSSR count). The van der Waals surface area contributed by atoms with Crippen LogP contribution in [0.15, 0.2) is 55.0 Å². The Morgan fingerprint density at radius 2 is 1.87 bits per heavy atom. The first-order valence-corrected chi connectivity index (χ1v) is 7.10. The third-order valence-electron chi connectivity index (χ3n) is 3.11. The van der Waals surface area contributed by atoms with E-state index in [0.717, 1.165) is 17.1 Å². The lowest BCUT2D eigenvalue weighted by molar-refractivity contribution is 0.461. The van der Waals surface area contributed by atoms with Gasteiger partial charge >= 0.3 is 0 Å². The number of benzene rings is 1. The molecule has 0 aliphatic rings. The van der Waals surface area contributed by atoms with Gasteiger partial charge in [0.05, 0.1) is 0 Å². The molecule has 2 aromatic heterocycles. The first kappa shape index (κ1) is 14.9. The lowest BCUT2D eigenvalue weighted by atomic mass is 10.3. The highest BCUT2D eigenvalue weighted by Crippen LogP contribution is 2.19. The summed E-state index contributed by atoms with van der Waals surface area (Å²) in [6.45, 7) is 2.51. The standard InChI is InChI=1S/C17H15FN4O/c1-12-8-16(22-11-21-12)19-9-13-2-7-17(20-10-13)23-15-5-3-14(18)4-6-15/h2-8,10-11H,9H2,1H3,(H,19,21,22). The van der Waals surface area contributed by atoms with E-state index in [1.807, 2.05) is 19.1 Å². The minimum Gasteiger partial charge on any atom is -0.439 e. The zero-order valence-corrected chi connectivity index (χ0v) is 12.5. The second kappa shape index (κ2) is 6.83. The number of hydrogen-bond donors (Lipinski definition) is 1. The molecular weight excluding hydrogens is 295 g/mol. The number of hydrogen-bond acceptors (Lipinski definition) is 5. The number of aryl methyl sites for hydroxylation is 1. The van der Waals surface area contributed by atoms with Crippen LogP contribution in [0.4, 0.5) is 10.2 Å². The molecule has 6 heteroatoms. The molecule has 0 saturated heterocycles. The van der Waals surface area contributed by atoms with Gasteiger partial charge in [0.25, 0.3) is 0 Å². The van der Waals surface area contributed by atoms with Crippen molar-refractivity contribution in [2.45, 2.75) is 13.5 Å². The van der Waals surface area contributed by atoms with Gasteiger partial charge in [-0.2, -0.15) is 0 Å². The van der Waals surface area contributed by atoms with E-state index in [1.165, 1.54) is 18.5 Å². The molecule has 3 aromatic rings. The second-order valence-corrected chi connectivity index (χ2v) is 4.96. The highest BCUT2D eigenvalue weighted by Gasteiger charge is 2.01. The molecule has 0 atom stereocenters. The molecule has 0 aliphatic carbocycles. The van der Waals surface area contributed by atoms with Crippen molar-refractivity contribution < 1.29 is 9.13 Å². The van der Waals surface area contributed by atoms with Crippen molar-refractivity contribution in [2.24, 2.45) is 0 Å². The maximum Gasteiger partial charge on any atom is 0.219 e. The van der Waals surface area contributed by atoms with Gasteiger partial charge in [0.15, 0.2) is 0 Å². The molecule has 0 amide bonds. The van der Waals surface area contributed by atoms with E-state index in [9.17, 15) is 4.39 Å². The zero-order chi connectivity index (χ0) is 16.1. The molecule has 23 heavy (non-hydrogen) atoms. The average molecular weight is 310 g/mol. The minimum absolute atomic E-state index is 0.299. The summed E-state index contributed by atoms with van der Waals surface area (Å²) in [5, 5.41) is 3.20. The third kappa shape index (κ3) is 4.23. The molecule has 0 fully saturated rings. The summed E-state index contributed by atoms with van der Waals surface area (Å²) in [7, 11) is 0. The van der Waals surface area contributed by atoms with E-state index in [-0.39, 0.29) is 5.82 Å². The van der Waals surface area contributed by atoms with Crippen molar-refractivity contribution in [3.63, 3.8) is 0 Å². The first-order chi connectivity index (χ1) is 11.2. The third-order valence-corrected chi connectivity index (χ3v) is 3.11. The SMILES string of the molecule is Cc1cc(NCc2ccc(Oc3ccc(F)cc3)nc2)ncn1. The lowest BCUT2D eigenvalue weighted by Crippen LogP contribution is -2.02. The van der Waals surface area contributed by atoms with Crippen molar-refractivity contribution in [1.82, 2.24) is 15.0 Å². The van der Waals surface area contributed by atoms with Gasteiger partial charge in [-0.3, -0.25) is 0 Å². The molecule has 0 radical (unpaired) electrons. The average Bonchev–Trinajstić information content (AvgIpc) is 2.56. The molecular formula is C17H15FN4O. The molecule has 0 aliphatic heterocycles. The van der Waals surface area contributed by atoms with Crippen LogP contribution >= 0.6 is 0 Å². The Balaban J connectivity index is 1.59. The van der Waals surface area contributed by atoms with E-state index in [0.29, 0.717) is 18.2 Å². The van der Waals surface area contributed by atoms with Crippen LogP contribution < -0.4 is 10.1 Å². The van der Waals surface area contributed by atoms with E-state index in [2.05, 4.69) is 20.3 Å². The highest BCUT2D eigenvalue weighted by molar-refractivity contribution is 5.36. The van der Waals surface area contributed by atoms with Gasteiger partial charge in [-0.25, -0.2) is 19.3 Å². The van der Waals surface area contributed by atoms with Crippen LogP contribution in [-0.4, -0.2) is 15.0 Å².